The van der Waals surface area contributed by atoms with E-state index in [9.17, 15) is 0 Å². The lowest BCUT2D eigenvalue weighted by Gasteiger charge is -2.19. The summed E-state index contributed by atoms with van der Waals surface area (Å²) in [5.74, 6) is 2.50. The van der Waals surface area contributed by atoms with Gasteiger partial charge < -0.3 is 9.47 Å². The molecule has 2 aliphatic carbocycles. The fourth-order valence-corrected chi connectivity index (χ4v) is 3.93. The zero-order valence-electron chi connectivity index (χ0n) is 7.27. The van der Waals surface area contributed by atoms with Crippen LogP contribution in [0, 0.1) is 17.8 Å². The smallest absolute Gasteiger partial charge is 0.0897 e. The van der Waals surface area contributed by atoms with Crippen molar-refractivity contribution in [1.82, 2.24) is 0 Å². The molecule has 0 radical (unpaired) electrons. The summed E-state index contributed by atoms with van der Waals surface area (Å²) in [4.78, 5) is 0. The number of rotatable bonds is 0. The largest absolute Gasteiger partial charge is 0.375 e. The summed E-state index contributed by atoms with van der Waals surface area (Å²) in [6.45, 7) is 2.21. The summed E-state index contributed by atoms with van der Waals surface area (Å²) in [5.41, 5.74) is 0. The zero-order valence-corrected chi connectivity index (χ0v) is 7.27. The van der Waals surface area contributed by atoms with Gasteiger partial charge in [0.15, 0.2) is 0 Å². The Morgan fingerprint density at radius 3 is 2.50 bits per heavy atom. The van der Waals surface area contributed by atoms with E-state index in [0.717, 1.165) is 17.8 Å². The van der Waals surface area contributed by atoms with Crippen LogP contribution in [0.1, 0.15) is 19.8 Å². The summed E-state index contributed by atoms with van der Waals surface area (Å²) in [7, 11) is 0. The minimum Gasteiger partial charge on any atom is -0.375 e. The Bertz CT molecular complexity index is 218. The van der Waals surface area contributed by atoms with Crippen LogP contribution in [0.25, 0.3) is 0 Å². The highest BCUT2D eigenvalue weighted by Gasteiger charge is 2.69. The van der Waals surface area contributed by atoms with Crippen molar-refractivity contribution >= 4 is 0 Å². The van der Waals surface area contributed by atoms with Crippen LogP contribution < -0.4 is 0 Å². The quantitative estimate of drug-likeness (QED) is 0.504. The molecule has 7 atom stereocenters. The van der Waals surface area contributed by atoms with Gasteiger partial charge >= 0.3 is 0 Å². The molecule has 0 aromatic rings. The minimum absolute atomic E-state index is 0.516. The number of fused-ring (bicyclic) bond motifs is 8. The first-order chi connectivity index (χ1) is 5.84. The molecule has 2 nitrogen and oxygen atoms in total. The van der Waals surface area contributed by atoms with E-state index in [0.29, 0.717) is 24.4 Å². The van der Waals surface area contributed by atoms with E-state index in [2.05, 4.69) is 6.92 Å². The maximum atomic E-state index is 5.94. The minimum atomic E-state index is 0.516. The monoisotopic (exact) mass is 166 g/mol. The van der Waals surface area contributed by atoms with Crippen LogP contribution in [0.4, 0.5) is 0 Å². The van der Waals surface area contributed by atoms with Gasteiger partial charge in [0.1, 0.15) is 0 Å². The van der Waals surface area contributed by atoms with E-state index in [1.165, 1.54) is 12.8 Å². The Kier molecular flexibility index (Phi) is 0.921. The molecule has 12 heavy (non-hydrogen) atoms. The number of hydrogen-bond donors (Lipinski definition) is 0. The lowest BCUT2D eigenvalue weighted by Crippen LogP contribution is -2.28. The average molecular weight is 166 g/mol. The summed E-state index contributed by atoms with van der Waals surface area (Å²) in [5, 5.41) is 0. The molecule has 2 saturated carbocycles. The van der Waals surface area contributed by atoms with Crippen LogP contribution in [-0.2, 0) is 9.47 Å². The maximum Gasteiger partial charge on any atom is 0.0897 e. The van der Waals surface area contributed by atoms with Crippen molar-refractivity contribution in [2.24, 2.45) is 17.8 Å². The molecule has 2 aliphatic heterocycles. The van der Waals surface area contributed by atoms with Crippen molar-refractivity contribution in [2.45, 2.75) is 44.2 Å². The third-order valence-corrected chi connectivity index (χ3v) is 4.34. The van der Waals surface area contributed by atoms with Crippen molar-refractivity contribution in [3.8, 4) is 0 Å². The lowest BCUT2D eigenvalue weighted by molar-refractivity contribution is 0.0140. The highest BCUT2D eigenvalue weighted by molar-refractivity contribution is 5.16. The Labute approximate surface area is 72.2 Å². The molecule has 0 aromatic heterocycles. The Hall–Kier alpha value is -0.0800. The highest BCUT2D eigenvalue weighted by Crippen LogP contribution is 2.62. The molecule has 0 spiro atoms. The average Bonchev–Trinajstić information content (AvgIpc) is 2.48. The van der Waals surface area contributed by atoms with E-state index < -0.39 is 0 Å². The van der Waals surface area contributed by atoms with E-state index in [1.807, 2.05) is 0 Å². The van der Waals surface area contributed by atoms with E-state index in [1.54, 1.807) is 0 Å². The second-order valence-corrected chi connectivity index (χ2v) is 4.94. The lowest BCUT2D eigenvalue weighted by atomic mass is 9.85. The first-order valence-electron chi connectivity index (χ1n) is 5.15. The molecule has 0 amide bonds. The van der Waals surface area contributed by atoms with Crippen molar-refractivity contribution in [3.05, 3.63) is 0 Å². The molecule has 0 N–H and O–H groups in total. The molecule has 66 valence electrons. The highest BCUT2D eigenvalue weighted by atomic mass is 16.6. The molecule has 4 aliphatic rings. The third-order valence-electron chi connectivity index (χ3n) is 4.34. The molecule has 2 heteroatoms. The second kappa shape index (κ2) is 1.73. The van der Waals surface area contributed by atoms with Crippen molar-refractivity contribution < 1.29 is 9.47 Å². The first-order valence-corrected chi connectivity index (χ1v) is 5.15. The van der Waals surface area contributed by atoms with Gasteiger partial charge in [-0.05, 0) is 31.6 Å². The topological polar surface area (TPSA) is 21.8 Å². The third kappa shape index (κ3) is 0.549. The fourth-order valence-electron chi connectivity index (χ4n) is 3.93. The summed E-state index contributed by atoms with van der Waals surface area (Å²) < 4.78 is 11.6. The maximum absolute atomic E-state index is 5.94. The van der Waals surface area contributed by atoms with Crippen molar-refractivity contribution in [3.63, 3.8) is 0 Å². The van der Waals surface area contributed by atoms with Gasteiger partial charge in [-0.15, -0.1) is 0 Å². The summed E-state index contributed by atoms with van der Waals surface area (Å²) in [6, 6.07) is 0. The van der Waals surface area contributed by atoms with Crippen LogP contribution in [0.15, 0.2) is 0 Å². The molecule has 4 fully saturated rings. The molecule has 7 unspecified atom stereocenters. The predicted octanol–water partition coefficient (Wildman–Crippen LogP) is 1.20. The second-order valence-electron chi connectivity index (χ2n) is 4.94. The molecule has 0 aromatic carbocycles. The first kappa shape index (κ1) is 6.39. The van der Waals surface area contributed by atoms with Gasteiger partial charge in [-0.25, -0.2) is 0 Å². The van der Waals surface area contributed by atoms with E-state index >= 15 is 0 Å². The summed E-state index contributed by atoms with van der Waals surface area (Å²) in [6.07, 6.45) is 5.05. The van der Waals surface area contributed by atoms with Crippen molar-refractivity contribution in [2.75, 3.05) is 0 Å². The van der Waals surface area contributed by atoms with Gasteiger partial charge in [-0.2, -0.15) is 0 Å². The van der Waals surface area contributed by atoms with E-state index in [4.69, 9.17) is 9.47 Å². The normalized spacial score (nSPS) is 71.2. The molecular formula is C10H14O2. The Morgan fingerprint density at radius 1 is 0.833 bits per heavy atom. The van der Waals surface area contributed by atoms with Crippen LogP contribution >= 0.6 is 0 Å². The van der Waals surface area contributed by atoms with Gasteiger partial charge in [-0.1, -0.05) is 0 Å². The van der Waals surface area contributed by atoms with Crippen LogP contribution in [0.5, 0.6) is 0 Å². The Balaban J connectivity index is 1.72. The standard InChI is InChI=1S/C10H14O2/c1-4-2-5-6-3-7(8(5)11-4)10-9(6)12-10/h4-10H,2-3H2,1H3. The number of hydrogen-bond acceptors (Lipinski definition) is 2. The van der Waals surface area contributed by atoms with Gasteiger partial charge in [0.05, 0.1) is 24.4 Å². The summed E-state index contributed by atoms with van der Waals surface area (Å²) >= 11 is 0. The van der Waals surface area contributed by atoms with Gasteiger partial charge in [-0.3, -0.25) is 0 Å². The number of ether oxygens (including phenoxy) is 2. The van der Waals surface area contributed by atoms with Crippen molar-refractivity contribution in [1.29, 1.82) is 0 Å². The van der Waals surface area contributed by atoms with Crippen LogP contribution in [-0.4, -0.2) is 24.4 Å². The Morgan fingerprint density at radius 2 is 1.58 bits per heavy atom. The van der Waals surface area contributed by atoms with Gasteiger partial charge in [0, 0.05) is 5.92 Å². The van der Waals surface area contributed by atoms with Crippen LogP contribution in [0.2, 0.25) is 0 Å². The molecule has 4 rings (SSSR count). The molecular weight excluding hydrogens is 152 g/mol. The fraction of sp³-hybridized carbons (Fsp3) is 1.00. The molecule has 2 heterocycles. The number of epoxide rings is 1. The van der Waals surface area contributed by atoms with Crippen LogP contribution in [0.3, 0.4) is 0 Å². The zero-order chi connectivity index (χ0) is 7.87. The van der Waals surface area contributed by atoms with Gasteiger partial charge in [0.25, 0.3) is 0 Å². The molecule has 2 saturated heterocycles. The SMILES string of the molecule is CC1CC2C3CC(C2O1)C1OC31. The van der Waals surface area contributed by atoms with Gasteiger partial charge in [0.2, 0.25) is 0 Å². The van der Waals surface area contributed by atoms with E-state index in [-0.39, 0.29) is 0 Å². The molecule has 2 bridgehead atoms. The predicted molar refractivity (Wildman–Crippen MR) is 42.7 cm³/mol.